The van der Waals surface area contributed by atoms with Crippen LogP contribution in [0.1, 0.15) is 35.0 Å². The third kappa shape index (κ3) is 4.90. The first kappa shape index (κ1) is 21.0. The van der Waals surface area contributed by atoms with Gasteiger partial charge in [-0.1, -0.05) is 0 Å². The predicted molar refractivity (Wildman–Crippen MR) is 113 cm³/mol. The predicted octanol–water partition coefficient (Wildman–Crippen LogP) is 2.99. The number of methoxy groups -OCH3 is 1. The monoisotopic (exact) mass is 424 g/mol. The molecule has 0 radical (unpaired) electrons. The van der Waals surface area contributed by atoms with Crippen molar-refractivity contribution in [1.82, 2.24) is 19.7 Å². The van der Waals surface area contributed by atoms with Crippen molar-refractivity contribution in [2.45, 2.75) is 32.1 Å². The number of halogens is 1. The molecular weight excluding hydrogens is 399 g/mol. The lowest BCUT2D eigenvalue weighted by atomic mass is 10.1. The van der Waals surface area contributed by atoms with E-state index in [1.807, 2.05) is 19.1 Å². The summed E-state index contributed by atoms with van der Waals surface area (Å²) in [6.07, 6.45) is 3.41. The average Bonchev–Trinajstić information content (AvgIpc) is 3.55. The topological polar surface area (TPSA) is 79.1 Å². The van der Waals surface area contributed by atoms with E-state index in [-0.39, 0.29) is 11.4 Å². The standard InChI is InChI=1S/C23H25FN4O3/c1-14-4-7-19(24)21(26-14)8-5-15-11-22(27-28(2)23(15)29)31-13-16-10-18(16)20-9-6-17(30-3)12-25-20/h4,6-7,9,11-12,16,18H,5,8,10,13H2,1-3H3/t16-,18+/m1/s1. The normalized spacial score (nSPS) is 17.4. The average molecular weight is 424 g/mol. The minimum atomic E-state index is -0.361. The molecular formula is C23H25FN4O3. The fourth-order valence-corrected chi connectivity index (χ4v) is 3.63. The number of pyridine rings is 2. The van der Waals surface area contributed by atoms with Crippen LogP contribution in [-0.2, 0) is 19.9 Å². The molecule has 3 aromatic rings. The largest absolute Gasteiger partial charge is 0.495 e. The van der Waals surface area contributed by atoms with E-state index in [9.17, 15) is 9.18 Å². The molecule has 31 heavy (non-hydrogen) atoms. The fraction of sp³-hybridized carbons (Fsp3) is 0.391. The summed E-state index contributed by atoms with van der Waals surface area (Å²) in [5.41, 5.74) is 2.44. The van der Waals surface area contributed by atoms with Gasteiger partial charge >= 0.3 is 0 Å². The Kier molecular flexibility index (Phi) is 5.97. The molecule has 0 N–H and O–H groups in total. The SMILES string of the molecule is COc1ccc([C@H]2C[C@@H]2COc2cc(CCc3nc(C)ccc3F)c(=O)n(C)n2)nc1. The number of aryl methyl sites for hydroxylation is 4. The molecule has 1 fully saturated rings. The lowest BCUT2D eigenvalue weighted by molar-refractivity contribution is 0.277. The Morgan fingerprint density at radius 1 is 1.23 bits per heavy atom. The Labute approximate surface area is 179 Å². The highest BCUT2D eigenvalue weighted by atomic mass is 19.1. The molecule has 2 atom stereocenters. The maximum Gasteiger partial charge on any atom is 0.269 e. The van der Waals surface area contributed by atoms with Crippen LogP contribution in [0.2, 0.25) is 0 Å². The van der Waals surface area contributed by atoms with Crippen LogP contribution in [0.3, 0.4) is 0 Å². The summed E-state index contributed by atoms with van der Waals surface area (Å²) in [6.45, 7) is 2.31. The number of nitrogens with zero attached hydrogens (tertiary/aromatic N) is 4. The van der Waals surface area contributed by atoms with Crippen LogP contribution in [0.4, 0.5) is 4.39 Å². The maximum atomic E-state index is 14.0. The van der Waals surface area contributed by atoms with E-state index in [1.165, 1.54) is 10.7 Å². The zero-order valence-electron chi connectivity index (χ0n) is 17.8. The highest BCUT2D eigenvalue weighted by Crippen LogP contribution is 2.46. The van der Waals surface area contributed by atoms with Crippen molar-refractivity contribution >= 4 is 0 Å². The van der Waals surface area contributed by atoms with Crippen LogP contribution in [-0.4, -0.2) is 33.5 Å². The molecule has 1 aliphatic carbocycles. The summed E-state index contributed by atoms with van der Waals surface area (Å²) in [6, 6.07) is 8.57. The number of hydrogen-bond donors (Lipinski definition) is 0. The number of rotatable bonds is 8. The molecule has 0 spiro atoms. The second-order valence-corrected chi connectivity index (χ2v) is 7.85. The Morgan fingerprint density at radius 3 is 2.81 bits per heavy atom. The highest BCUT2D eigenvalue weighted by molar-refractivity contribution is 5.26. The summed E-state index contributed by atoms with van der Waals surface area (Å²) in [5.74, 6) is 1.48. The van der Waals surface area contributed by atoms with Gasteiger partial charge in [0.1, 0.15) is 11.6 Å². The van der Waals surface area contributed by atoms with Gasteiger partial charge < -0.3 is 9.47 Å². The van der Waals surface area contributed by atoms with E-state index >= 15 is 0 Å². The second-order valence-electron chi connectivity index (χ2n) is 7.85. The van der Waals surface area contributed by atoms with Crippen molar-refractivity contribution in [2.75, 3.05) is 13.7 Å². The van der Waals surface area contributed by atoms with Crippen LogP contribution in [0, 0.1) is 18.7 Å². The first-order valence-electron chi connectivity index (χ1n) is 10.3. The van der Waals surface area contributed by atoms with E-state index in [1.54, 1.807) is 32.5 Å². The van der Waals surface area contributed by atoms with Crippen molar-refractivity contribution in [3.63, 3.8) is 0 Å². The van der Waals surface area contributed by atoms with Gasteiger partial charge in [0, 0.05) is 41.9 Å². The van der Waals surface area contributed by atoms with Gasteiger partial charge in [-0.2, -0.15) is 0 Å². The van der Waals surface area contributed by atoms with Crippen LogP contribution in [0.25, 0.3) is 0 Å². The molecule has 162 valence electrons. The minimum absolute atomic E-state index is 0.216. The van der Waals surface area contributed by atoms with Crippen LogP contribution in [0.5, 0.6) is 11.6 Å². The molecule has 4 rings (SSSR count). The van der Waals surface area contributed by atoms with Crippen LogP contribution in [0.15, 0.2) is 41.3 Å². The summed E-state index contributed by atoms with van der Waals surface area (Å²) < 4.78 is 26.3. The number of hydrogen-bond acceptors (Lipinski definition) is 6. The summed E-state index contributed by atoms with van der Waals surface area (Å²) >= 11 is 0. The molecule has 3 heterocycles. The van der Waals surface area contributed by atoms with Gasteiger partial charge in [0.2, 0.25) is 5.88 Å². The van der Waals surface area contributed by atoms with E-state index in [0.717, 1.165) is 23.6 Å². The molecule has 0 aliphatic heterocycles. The van der Waals surface area contributed by atoms with Gasteiger partial charge in [-0.05, 0) is 50.5 Å². The molecule has 0 bridgehead atoms. The van der Waals surface area contributed by atoms with Crippen LogP contribution >= 0.6 is 0 Å². The fourth-order valence-electron chi connectivity index (χ4n) is 3.63. The highest BCUT2D eigenvalue weighted by Gasteiger charge is 2.40. The summed E-state index contributed by atoms with van der Waals surface area (Å²) in [7, 11) is 3.21. The smallest absolute Gasteiger partial charge is 0.269 e. The van der Waals surface area contributed by atoms with Gasteiger partial charge in [-0.3, -0.25) is 14.8 Å². The van der Waals surface area contributed by atoms with E-state index in [0.29, 0.717) is 48.4 Å². The van der Waals surface area contributed by atoms with E-state index < -0.39 is 0 Å². The molecule has 0 saturated heterocycles. The molecule has 0 amide bonds. The summed E-state index contributed by atoms with van der Waals surface area (Å²) in [5, 5.41) is 4.20. The minimum Gasteiger partial charge on any atom is -0.495 e. The van der Waals surface area contributed by atoms with Gasteiger partial charge in [0.15, 0.2) is 0 Å². The van der Waals surface area contributed by atoms with E-state index in [2.05, 4.69) is 15.1 Å². The van der Waals surface area contributed by atoms with Crippen molar-refractivity contribution in [1.29, 1.82) is 0 Å². The lowest BCUT2D eigenvalue weighted by Crippen LogP contribution is -2.24. The van der Waals surface area contributed by atoms with Gasteiger partial charge in [-0.25, -0.2) is 9.07 Å². The molecule has 0 unspecified atom stereocenters. The Balaban J connectivity index is 1.38. The van der Waals surface area contributed by atoms with Crippen molar-refractivity contribution in [3.05, 3.63) is 75.3 Å². The quantitative estimate of drug-likeness (QED) is 0.553. The lowest BCUT2D eigenvalue weighted by Gasteiger charge is -2.09. The Morgan fingerprint density at radius 2 is 2.06 bits per heavy atom. The zero-order chi connectivity index (χ0) is 22.0. The van der Waals surface area contributed by atoms with Crippen molar-refractivity contribution in [3.8, 4) is 11.6 Å². The summed E-state index contributed by atoms with van der Waals surface area (Å²) in [4.78, 5) is 21.1. The third-order valence-electron chi connectivity index (χ3n) is 5.55. The Bertz CT molecular complexity index is 1130. The maximum absolute atomic E-state index is 14.0. The first-order valence-corrected chi connectivity index (χ1v) is 10.3. The number of aromatic nitrogens is 4. The third-order valence-corrected chi connectivity index (χ3v) is 5.55. The van der Waals surface area contributed by atoms with Gasteiger partial charge in [0.25, 0.3) is 5.56 Å². The zero-order valence-corrected chi connectivity index (χ0v) is 17.8. The molecule has 8 heteroatoms. The molecule has 0 aromatic carbocycles. The van der Waals surface area contributed by atoms with Gasteiger partial charge in [0.05, 0.1) is 25.6 Å². The molecule has 3 aromatic heterocycles. The van der Waals surface area contributed by atoms with E-state index in [4.69, 9.17) is 9.47 Å². The number of ether oxygens (including phenoxy) is 2. The first-order chi connectivity index (χ1) is 14.9. The van der Waals surface area contributed by atoms with Crippen molar-refractivity contribution < 1.29 is 13.9 Å². The Hall–Kier alpha value is -3.29. The van der Waals surface area contributed by atoms with Crippen LogP contribution < -0.4 is 15.0 Å². The molecule has 7 nitrogen and oxygen atoms in total. The second kappa shape index (κ2) is 8.83. The van der Waals surface area contributed by atoms with Crippen molar-refractivity contribution in [2.24, 2.45) is 13.0 Å². The van der Waals surface area contributed by atoms with Gasteiger partial charge in [-0.15, -0.1) is 5.10 Å². The molecule has 1 saturated carbocycles. The molecule has 1 aliphatic rings.